The first kappa shape index (κ1) is 18.9. The number of phenolic OH excluding ortho intramolecular Hbond substituents is 1. The van der Waals surface area contributed by atoms with E-state index in [9.17, 15) is 5.11 Å². The van der Waals surface area contributed by atoms with Gasteiger partial charge in [-0.15, -0.1) is 0 Å². The van der Waals surface area contributed by atoms with Crippen molar-refractivity contribution in [1.29, 1.82) is 0 Å². The molecule has 5 heteroatoms. The number of aromatic nitrogens is 3. The number of aromatic hydroxyl groups is 1. The van der Waals surface area contributed by atoms with E-state index in [0.717, 1.165) is 29.9 Å². The second-order valence-corrected chi connectivity index (χ2v) is 7.43. The zero-order chi connectivity index (χ0) is 21.0. The molecule has 31 heavy (non-hydrogen) atoms. The van der Waals surface area contributed by atoms with Gasteiger partial charge < -0.3 is 15.0 Å². The third kappa shape index (κ3) is 4.12. The zero-order valence-corrected chi connectivity index (χ0v) is 16.9. The summed E-state index contributed by atoms with van der Waals surface area (Å²) in [6, 6.07) is 27.7. The van der Waals surface area contributed by atoms with Gasteiger partial charge in [0, 0.05) is 41.1 Å². The van der Waals surface area contributed by atoms with Gasteiger partial charge in [0.25, 0.3) is 0 Å². The van der Waals surface area contributed by atoms with E-state index in [2.05, 4.69) is 69.6 Å². The number of hydrogen-bond donors (Lipinski definition) is 2. The number of aryl methyl sites for hydroxylation is 2. The van der Waals surface area contributed by atoms with Gasteiger partial charge in [0.15, 0.2) is 0 Å². The van der Waals surface area contributed by atoms with Gasteiger partial charge in [-0.1, -0.05) is 48.5 Å². The molecule has 3 aromatic carbocycles. The number of hydrogen-bond acceptors (Lipinski definition) is 4. The monoisotopic (exact) mass is 406 g/mol. The van der Waals surface area contributed by atoms with Crippen LogP contribution in [0.25, 0.3) is 22.2 Å². The van der Waals surface area contributed by atoms with Crippen LogP contribution >= 0.6 is 0 Å². The molecular formula is C26H22N4O. The Bertz CT molecular complexity index is 1310. The Morgan fingerprint density at radius 3 is 2.45 bits per heavy atom. The van der Waals surface area contributed by atoms with E-state index in [-0.39, 0.29) is 5.75 Å². The van der Waals surface area contributed by atoms with Crippen LogP contribution in [0.2, 0.25) is 0 Å². The summed E-state index contributed by atoms with van der Waals surface area (Å²) >= 11 is 0. The Balaban J connectivity index is 1.46. The maximum absolute atomic E-state index is 9.47. The molecule has 0 saturated carbocycles. The number of phenols is 1. The summed E-state index contributed by atoms with van der Waals surface area (Å²) in [5.74, 6) is 0.743. The predicted octanol–water partition coefficient (Wildman–Crippen LogP) is 5.79. The third-order valence-corrected chi connectivity index (χ3v) is 5.33. The molecule has 5 aromatic rings. The molecule has 0 radical (unpaired) electrons. The maximum Gasteiger partial charge on any atom is 0.227 e. The van der Waals surface area contributed by atoms with E-state index in [4.69, 9.17) is 4.98 Å². The van der Waals surface area contributed by atoms with E-state index >= 15 is 0 Å². The van der Waals surface area contributed by atoms with Crippen LogP contribution < -0.4 is 5.32 Å². The van der Waals surface area contributed by atoms with Crippen LogP contribution in [0.3, 0.4) is 0 Å². The van der Waals surface area contributed by atoms with Gasteiger partial charge >= 0.3 is 0 Å². The fourth-order valence-corrected chi connectivity index (χ4v) is 3.77. The number of benzene rings is 3. The Morgan fingerprint density at radius 1 is 0.839 bits per heavy atom. The van der Waals surface area contributed by atoms with Crippen molar-refractivity contribution in [1.82, 2.24) is 14.5 Å². The van der Waals surface area contributed by atoms with Crippen molar-refractivity contribution in [2.45, 2.75) is 13.0 Å². The molecule has 2 N–H and O–H groups in total. The minimum Gasteiger partial charge on any atom is -0.508 e. The highest BCUT2D eigenvalue weighted by Crippen LogP contribution is 2.30. The number of rotatable bonds is 6. The van der Waals surface area contributed by atoms with E-state index in [1.54, 1.807) is 30.5 Å². The lowest BCUT2D eigenvalue weighted by molar-refractivity contribution is 0.475. The normalized spacial score (nSPS) is 11.0. The molecule has 5 nitrogen and oxygen atoms in total. The molecule has 0 fully saturated rings. The van der Waals surface area contributed by atoms with E-state index in [1.807, 2.05) is 12.1 Å². The Hall–Kier alpha value is -4.12. The molecule has 0 bridgehead atoms. The average Bonchev–Trinajstić information content (AvgIpc) is 3.19. The van der Waals surface area contributed by atoms with Gasteiger partial charge in [0.05, 0.1) is 5.69 Å². The van der Waals surface area contributed by atoms with Crippen LogP contribution in [0.15, 0.2) is 97.3 Å². The van der Waals surface area contributed by atoms with Crippen molar-refractivity contribution < 1.29 is 5.11 Å². The lowest BCUT2D eigenvalue weighted by atomic mass is 10.1. The van der Waals surface area contributed by atoms with Crippen LogP contribution in [-0.4, -0.2) is 19.6 Å². The Morgan fingerprint density at radius 2 is 1.61 bits per heavy atom. The molecule has 152 valence electrons. The predicted molar refractivity (Wildman–Crippen MR) is 124 cm³/mol. The molecule has 5 rings (SSSR count). The lowest BCUT2D eigenvalue weighted by Crippen LogP contribution is -1.99. The Labute approximate surface area is 180 Å². The highest BCUT2D eigenvalue weighted by molar-refractivity contribution is 5.95. The quantitative estimate of drug-likeness (QED) is 0.350. The highest BCUT2D eigenvalue weighted by Gasteiger charge is 2.12. The molecular weight excluding hydrogens is 384 g/mol. The first-order chi connectivity index (χ1) is 15.3. The third-order valence-electron chi connectivity index (χ3n) is 5.33. The fraction of sp³-hybridized carbons (Fsp3) is 0.0769. The zero-order valence-electron chi connectivity index (χ0n) is 16.9. The lowest BCUT2D eigenvalue weighted by Gasteiger charge is -2.06. The van der Waals surface area contributed by atoms with Crippen LogP contribution in [-0.2, 0) is 13.0 Å². The van der Waals surface area contributed by atoms with Crippen LogP contribution in [0.5, 0.6) is 5.75 Å². The summed E-state index contributed by atoms with van der Waals surface area (Å²) in [5, 5.41) is 13.8. The number of para-hydroxylation sites is 1. The summed E-state index contributed by atoms with van der Waals surface area (Å²) in [6.07, 6.45) is 4.91. The van der Waals surface area contributed by atoms with Crippen molar-refractivity contribution in [3.63, 3.8) is 0 Å². The molecule has 0 aliphatic carbocycles. The standard InChI is InChI=1S/C26H22N4O/c31-21-12-10-20(11-13-21)28-26-27-16-14-24(29-26)23-18-30(25-9-5-4-8-22(23)25)17-15-19-6-2-1-3-7-19/h1-14,16,18,31H,15,17H2,(H,27,28,29). The number of nitrogens with zero attached hydrogens (tertiary/aromatic N) is 3. The van der Waals surface area contributed by atoms with Crippen molar-refractivity contribution >= 4 is 22.5 Å². The summed E-state index contributed by atoms with van der Waals surface area (Å²) in [5.41, 5.74) is 5.29. The molecule has 2 heterocycles. The summed E-state index contributed by atoms with van der Waals surface area (Å²) in [4.78, 5) is 9.10. The van der Waals surface area contributed by atoms with Crippen LogP contribution in [0.4, 0.5) is 11.6 Å². The second-order valence-electron chi connectivity index (χ2n) is 7.43. The summed E-state index contributed by atoms with van der Waals surface area (Å²) in [6.45, 7) is 0.897. The molecule has 0 aliphatic heterocycles. The number of anilines is 2. The molecule has 2 aromatic heterocycles. The van der Waals surface area contributed by atoms with Crippen molar-refractivity contribution in [3.05, 3.63) is 103 Å². The van der Waals surface area contributed by atoms with Crippen LogP contribution in [0, 0.1) is 0 Å². The number of nitrogens with one attached hydrogen (secondary N) is 1. The van der Waals surface area contributed by atoms with Crippen molar-refractivity contribution in [2.24, 2.45) is 0 Å². The highest BCUT2D eigenvalue weighted by atomic mass is 16.3. The topological polar surface area (TPSA) is 63.0 Å². The smallest absolute Gasteiger partial charge is 0.227 e. The molecule has 0 amide bonds. The molecule has 0 spiro atoms. The average molecular weight is 406 g/mol. The Kier molecular flexibility index (Phi) is 5.07. The van der Waals surface area contributed by atoms with Crippen molar-refractivity contribution in [3.8, 4) is 17.0 Å². The summed E-state index contributed by atoms with van der Waals surface area (Å²) in [7, 11) is 0. The largest absolute Gasteiger partial charge is 0.508 e. The van der Waals surface area contributed by atoms with E-state index in [1.165, 1.54) is 16.5 Å². The van der Waals surface area contributed by atoms with Crippen LogP contribution in [0.1, 0.15) is 5.56 Å². The van der Waals surface area contributed by atoms with Gasteiger partial charge in [0.1, 0.15) is 5.75 Å². The first-order valence-electron chi connectivity index (χ1n) is 10.3. The van der Waals surface area contributed by atoms with Crippen molar-refractivity contribution in [2.75, 3.05) is 5.32 Å². The number of fused-ring (bicyclic) bond motifs is 1. The maximum atomic E-state index is 9.47. The van der Waals surface area contributed by atoms with E-state index in [0.29, 0.717) is 5.95 Å². The summed E-state index contributed by atoms with van der Waals surface area (Å²) < 4.78 is 2.30. The first-order valence-corrected chi connectivity index (χ1v) is 10.3. The van der Waals surface area contributed by atoms with Gasteiger partial charge in [-0.05, 0) is 48.4 Å². The molecule has 0 saturated heterocycles. The van der Waals surface area contributed by atoms with Gasteiger partial charge in [-0.2, -0.15) is 0 Å². The molecule has 0 unspecified atom stereocenters. The molecule has 0 aliphatic rings. The second kappa shape index (κ2) is 8.32. The van der Waals surface area contributed by atoms with Gasteiger partial charge in [-0.25, -0.2) is 9.97 Å². The SMILES string of the molecule is Oc1ccc(Nc2nccc(-c3cn(CCc4ccccc4)c4ccccc34)n2)cc1. The molecule has 0 atom stereocenters. The fourth-order valence-electron chi connectivity index (χ4n) is 3.77. The minimum absolute atomic E-state index is 0.225. The van der Waals surface area contributed by atoms with Gasteiger partial charge in [-0.3, -0.25) is 0 Å². The van der Waals surface area contributed by atoms with E-state index < -0.39 is 0 Å². The minimum atomic E-state index is 0.225. The van der Waals surface area contributed by atoms with Gasteiger partial charge in [0.2, 0.25) is 5.95 Å².